The zero-order valence-electron chi connectivity index (χ0n) is 14.0. The van der Waals surface area contributed by atoms with Crippen LogP contribution < -0.4 is 5.32 Å². The number of halogens is 1. The van der Waals surface area contributed by atoms with Crippen molar-refractivity contribution < 1.29 is 18.8 Å². The maximum atomic E-state index is 12.3. The topological polar surface area (TPSA) is 82.9 Å². The van der Waals surface area contributed by atoms with Crippen LogP contribution in [0.2, 0.25) is 0 Å². The molecule has 0 bridgehead atoms. The minimum absolute atomic E-state index is 0.0596. The van der Waals surface area contributed by atoms with Crippen LogP contribution in [-0.2, 0) is 4.79 Å². The van der Waals surface area contributed by atoms with Gasteiger partial charge in [0.1, 0.15) is 0 Å². The highest BCUT2D eigenvalue weighted by Gasteiger charge is 2.26. The highest BCUT2D eigenvalue weighted by molar-refractivity contribution is 14.1. The molecule has 2 aromatic rings. The third kappa shape index (κ3) is 4.24. The fourth-order valence-electron chi connectivity index (χ4n) is 2.72. The van der Waals surface area contributed by atoms with Crippen molar-refractivity contribution in [2.24, 2.45) is 0 Å². The molecule has 1 N–H and O–H groups in total. The number of carbonyl (C=O) groups excluding carboxylic acids is 3. The number of rotatable bonds is 4. The first-order valence-electron chi connectivity index (χ1n) is 8.19. The van der Waals surface area contributed by atoms with Gasteiger partial charge in [-0.25, -0.2) is 0 Å². The molecule has 7 nitrogen and oxygen atoms in total. The molecule has 1 aromatic carbocycles. The van der Waals surface area contributed by atoms with Gasteiger partial charge < -0.3 is 19.5 Å². The first kappa shape index (κ1) is 18.4. The molecule has 3 rings (SSSR count). The molecule has 136 valence electrons. The summed E-state index contributed by atoms with van der Waals surface area (Å²) in [6.07, 6.45) is 1.46. The Bertz CT molecular complexity index is 799. The van der Waals surface area contributed by atoms with Crippen LogP contribution >= 0.6 is 22.6 Å². The maximum Gasteiger partial charge on any atom is 0.289 e. The lowest BCUT2D eigenvalue weighted by atomic mass is 10.2. The van der Waals surface area contributed by atoms with Gasteiger partial charge in [-0.05, 0) is 46.9 Å². The van der Waals surface area contributed by atoms with Gasteiger partial charge in [0.2, 0.25) is 5.91 Å². The monoisotopic (exact) mass is 467 g/mol. The molecule has 2 heterocycles. The van der Waals surface area contributed by atoms with Crippen LogP contribution in [-0.4, -0.2) is 60.2 Å². The number of hydrogen-bond acceptors (Lipinski definition) is 4. The number of nitrogens with one attached hydrogen (secondary N) is 1. The van der Waals surface area contributed by atoms with E-state index in [0.717, 1.165) is 3.57 Å². The van der Waals surface area contributed by atoms with E-state index in [9.17, 15) is 14.4 Å². The number of piperazine rings is 1. The second kappa shape index (κ2) is 8.35. The highest BCUT2D eigenvalue weighted by Crippen LogP contribution is 2.11. The summed E-state index contributed by atoms with van der Waals surface area (Å²) in [6, 6.07) is 10.5. The van der Waals surface area contributed by atoms with Crippen molar-refractivity contribution in [1.82, 2.24) is 15.1 Å². The second-order valence-corrected chi connectivity index (χ2v) is 6.98. The molecule has 0 unspecified atom stereocenters. The number of carbonyl (C=O) groups is 3. The number of nitrogens with zero attached hydrogens (tertiary/aromatic N) is 2. The first-order chi connectivity index (χ1) is 12.6. The van der Waals surface area contributed by atoms with Gasteiger partial charge in [-0.2, -0.15) is 0 Å². The van der Waals surface area contributed by atoms with Crippen molar-refractivity contribution in [3.05, 3.63) is 57.6 Å². The van der Waals surface area contributed by atoms with Crippen LogP contribution in [0, 0.1) is 3.57 Å². The largest absolute Gasteiger partial charge is 0.459 e. The van der Waals surface area contributed by atoms with E-state index in [1.807, 2.05) is 12.1 Å². The Balaban J connectivity index is 1.47. The second-order valence-electron chi connectivity index (χ2n) is 5.81. The standard InChI is InChI=1S/C18H18IN3O4/c19-14-5-2-1-4-13(14)17(24)20-12-16(23)21-7-9-22(10-8-21)18(25)15-6-3-11-26-15/h1-6,11H,7-10,12H2,(H,20,24). The highest BCUT2D eigenvalue weighted by atomic mass is 127. The molecule has 1 saturated heterocycles. The SMILES string of the molecule is O=C(NCC(=O)N1CCN(C(=O)c2ccco2)CC1)c1ccccc1I. The number of benzene rings is 1. The molecule has 1 aliphatic heterocycles. The zero-order chi connectivity index (χ0) is 18.5. The number of amides is 3. The lowest BCUT2D eigenvalue weighted by Gasteiger charge is -2.34. The van der Waals surface area contributed by atoms with Crippen molar-refractivity contribution in [2.45, 2.75) is 0 Å². The summed E-state index contributed by atoms with van der Waals surface area (Å²) >= 11 is 2.09. The van der Waals surface area contributed by atoms with Gasteiger partial charge in [0, 0.05) is 29.7 Å². The van der Waals surface area contributed by atoms with Gasteiger partial charge >= 0.3 is 0 Å². The fraction of sp³-hybridized carbons (Fsp3) is 0.278. The quantitative estimate of drug-likeness (QED) is 0.693. The van der Waals surface area contributed by atoms with Crippen molar-refractivity contribution >= 4 is 40.3 Å². The third-order valence-corrected chi connectivity index (χ3v) is 5.11. The predicted octanol–water partition coefficient (Wildman–Crippen LogP) is 1.60. The Labute approximate surface area is 164 Å². The van der Waals surface area contributed by atoms with Crippen LogP contribution in [0.5, 0.6) is 0 Å². The molecule has 1 aromatic heterocycles. The Hall–Kier alpha value is -2.36. The molecule has 0 aliphatic carbocycles. The van der Waals surface area contributed by atoms with Crippen molar-refractivity contribution in [2.75, 3.05) is 32.7 Å². The maximum absolute atomic E-state index is 12.3. The lowest BCUT2D eigenvalue weighted by Crippen LogP contribution is -2.52. The minimum Gasteiger partial charge on any atom is -0.459 e. The molecule has 0 saturated carbocycles. The summed E-state index contributed by atoms with van der Waals surface area (Å²) in [5.74, 6) is -0.298. The van der Waals surface area contributed by atoms with E-state index >= 15 is 0 Å². The summed E-state index contributed by atoms with van der Waals surface area (Å²) in [5, 5.41) is 2.66. The Morgan fingerprint density at radius 3 is 2.35 bits per heavy atom. The van der Waals surface area contributed by atoms with E-state index in [1.165, 1.54) is 6.26 Å². The van der Waals surface area contributed by atoms with Crippen molar-refractivity contribution in [3.63, 3.8) is 0 Å². The smallest absolute Gasteiger partial charge is 0.289 e. The third-order valence-electron chi connectivity index (χ3n) is 4.17. The van der Waals surface area contributed by atoms with Gasteiger partial charge in [-0.1, -0.05) is 12.1 Å². The molecular formula is C18H18IN3O4. The predicted molar refractivity (Wildman–Crippen MR) is 103 cm³/mol. The van der Waals surface area contributed by atoms with E-state index in [4.69, 9.17) is 4.42 Å². The van der Waals surface area contributed by atoms with E-state index < -0.39 is 0 Å². The van der Waals surface area contributed by atoms with Crippen LogP contribution in [0.25, 0.3) is 0 Å². The molecule has 1 aliphatic rings. The fourth-order valence-corrected chi connectivity index (χ4v) is 3.36. The average Bonchev–Trinajstić information content (AvgIpc) is 3.20. The molecule has 26 heavy (non-hydrogen) atoms. The van der Waals surface area contributed by atoms with Gasteiger partial charge in [-0.15, -0.1) is 0 Å². The average molecular weight is 467 g/mol. The summed E-state index contributed by atoms with van der Waals surface area (Å²) in [5.41, 5.74) is 0.551. The summed E-state index contributed by atoms with van der Waals surface area (Å²) in [7, 11) is 0. The van der Waals surface area contributed by atoms with E-state index in [0.29, 0.717) is 37.5 Å². The van der Waals surface area contributed by atoms with Crippen LogP contribution in [0.4, 0.5) is 0 Å². The summed E-state index contributed by atoms with van der Waals surface area (Å²) in [4.78, 5) is 40.0. The van der Waals surface area contributed by atoms with Gasteiger partial charge in [0.15, 0.2) is 5.76 Å². The Kier molecular flexibility index (Phi) is 5.92. The van der Waals surface area contributed by atoms with Gasteiger partial charge in [-0.3, -0.25) is 14.4 Å². The first-order valence-corrected chi connectivity index (χ1v) is 9.27. The number of hydrogen-bond donors (Lipinski definition) is 1. The molecular weight excluding hydrogens is 449 g/mol. The van der Waals surface area contributed by atoms with Crippen LogP contribution in [0.1, 0.15) is 20.9 Å². The van der Waals surface area contributed by atoms with E-state index in [2.05, 4.69) is 27.9 Å². The molecule has 0 atom stereocenters. The van der Waals surface area contributed by atoms with Gasteiger partial charge in [0.25, 0.3) is 11.8 Å². The number of furan rings is 1. The van der Waals surface area contributed by atoms with E-state index in [1.54, 1.807) is 34.1 Å². The Morgan fingerprint density at radius 1 is 1.00 bits per heavy atom. The van der Waals surface area contributed by atoms with E-state index in [-0.39, 0.29) is 24.3 Å². The molecule has 8 heteroatoms. The Morgan fingerprint density at radius 2 is 1.69 bits per heavy atom. The van der Waals surface area contributed by atoms with Crippen molar-refractivity contribution in [1.29, 1.82) is 0 Å². The summed E-state index contributed by atoms with van der Waals surface area (Å²) in [6.45, 7) is 1.69. The lowest BCUT2D eigenvalue weighted by molar-refractivity contribution is -0.131. The molecule has 0 spiro atoms. The normalized spacial score (nSPS) is 14.2. The van der Waals surface area contributed by atoms with Crippen molar-refractivity contribution in [3.8, 4) is 0 Å². The summed E-state index contributed by atoms with van der Waals surface area (Å²) < 4.78 is 5.95. The van der Waals surface area contributed by atoms with Crippen LogP contribution in [0.3, 0.4) is 0 Å². The zero-order valence-corrected chi connectivity index (χ0v) is 16.1. The minimum atomic E-state index is -0.269. The molecule has 0 radical (unpaired) electrons. The molecule has 1 fully saturated rings. The van der Waals surface area contributed by atoms with Crippen LogP contribution in [0.15, 0.2) is 47.1 Å². The molecule has 3 amide bonds. The van der Waals surface area contributed by atoms with Gasteiger partial charge in [0.05, 0.1) is 18.4 Å².